The highest BCUT2D eigenvalue weighted by Crippen LogP contribution is 2.41. The molecule has 1 saturated carbocycles. The van der Waals surface area contributed by atoms with Crippen molar-refractivity contribution in [1.29, 1.82) is 0 Å². The quantitative estimate of drug-likeness (QED) is 0.922. The second-order valence-corrected chi connectivity index (χ2v) is 6.33. The van der Waals surface area contributed by atoms with Gasteiger partial charge in [0.2, 0.25) is 0 Å². The van der Waals surface area contributed by atoms with E-state index in [9.17, 15) is 9.50 Å². The summed E-state index contributed by atoms with van der Waals surface area (Å²) in [6, 6.07) is 4.33. The first-order chi connectivity index (χ1) is 10.1. The number of aliphatic hydroxyl groups excluding tert-OH is 1. The van der Waals surface area contributed by atoms with Crippen LogP contribution in [0, 0.1) is 5.82 Å². The van der Waals surface area contributed by atoms with Crippen molar-refractivity contribution in [2.75, 3.05) is 6.61 Å². The predicted molar refractivity (Wildman–Crippen MR) is 77.8 cm³/mol. The SMILES string of the molecule is CC(O)c1ccc(F)cc1OC1CCOC2(CCCC2)C1. The average molecular weight is 294 g/mol. The van der Waals surface area contributed by atoms with Gasteiger partial charge in [0.05, 0.1) is 18.3 Å². The van der Waals surface area contributed by atoms with Gasteiger partial charge in [-0.1, -0.05) is 12.8 Å². The van der Waals surface area contributed by atoms with Crippen molar-refractivity contribution in [3.8, 4) is 5.75 Å². The molecule has 1 spiro atoms. The van der Waals surface area contributed by atoms with Gasteiger partial charge in [-0.3, -0.25) is 0 Å². The van der Waals surface area contributed by atoms with E-state index in [2.05, 4.69) is 0 Å². The smallest absolute Gasteiger partial charge is 0.128 e. The fraction of sp³-hybridized carbons (Fsp3) is 0.647. The van der Waals surface area contributed by atoms with E-state index in [1.165, 1.54) is 25.0 Å². The largest absolute Gasteiger partial charge is 0.490 e. The highest BCUT2D eigenvalue weighted by molar-refractivity contribution is 5.35. The van der Waals surface area contributed by atoms with Gasteiger partial charge in [0.15, 0.2) is 0 Å². The van der Waals surface area contributed by atoms with Crippen LogP contribution in [-0.2, 0) is 4.74 Å². The standard InChI is InChI=1S/C17H23FO3/c1-12(19)15-5-4-13(18)10-16(15)21-14-6-9-20-17(11-14)7-2-3-8-17/h4-5,10,12,14,19H,2-3,6-9,11H2,1H3. The second kappa shape index (κ2) is 5.93. The first-order valence-electron chi connectivity index (χ1n) is 7.86. The molecule has 0 radical (unpaired) electrons. The van der Waals surface area contributed by atoms with Crippen molar-refractivity contribution >= 4 is 0 Å². The maximum Gasteiger partial charge on any atom is 0.128 e. The van der Waals surface area contributed by atoms with Gasteiger partial charge in [0.25, 0.3) is 0 Å². The summed E-state index contributed by atoms with van der Waals surface area (Å²) in [5.74, 6) is 0.127. The lowest BCUT2D eigenvalue weighted by Crippen LogP contribution is -2.41. The van der Waals surface area contributed by atoms with Gasteiger partial charge < -0.3 is 14.6 Å². The topological polar surface area (TPSA) is 38.7 Å². The summed E-state index contributed by atoms with van der Waals surface area (Å²) < 4.78 is 25.5. The number of ether oxygens (including phenoxy) is 2. The van der Waals surface area contributed by atoms with E-state index in [4.69, 9.17) is 9.47 Å². The number of hydrogen-bond acceptors (Lipinski definition) is 3. The van der Waals surface area contributed by atoms with Gasteiger partial charge in [-0.2, -0.15) is 0 Å². The monoisotopic (exact) mass is 294 g/mol. The lowest BCUT2D eigenvalue weighted by Gasteiger charge is -2.38. The predicted octanol–water partition coefficient (Wildman–Crippen LogP) is 3.75. The van der Waals surface area contributed by atoms with Gasteiger partial charge in [0.1, 0.15) is 17.7 Å². The molecule has 0 aromatic heterocycles. The van der Waals surface area contributed by atoms with Crippen molar-refractivity contribution < 1.29 is 19.0 Å². The Morgan fingerprint density at radius 2 is 2.14 bits per heavy atom. The molecule has 3 nitrogen and oxygen atoms in total. The summed E-state index contributed by atoms with van der Waals surface area (Å²) in [5.41, 5.74) is 0.615. The molecular weight excluding hydrogens is 271 g/mol. The molecule has 116 valence electrons. The molecule has 2 atom stereocenters. The van der Waals surface area contributed by atoms with Crippen LogP contribution in [0.4, 0.5) is 4.39 Å². The lowest BCUT2D eigenvalue weighted by atomic mass is 9.90. The number of aliphatic hydroxyl groups is 1. The van der Waals surface area contributed by atoms with Crippen LogP contribution in [-0.4, -0.2) is 23.4 Å². The van der Waals surface area contributed by atoms with Crippen molar-refractivity contribution in [2.45, 2.75) is 63.3 Å². The molecule has 2 unspecified atom stereocenters. The molecular formula is C17H23FO3. The van der Waals surface area contributed by atoms with Crippen molar-refractivity contribution in [3.63, 3.8) is 0 Å². The summed E-state index contributed by atoms with van der Waals surface area (Å²) in [6.07, 6.45) is 5.67. The third kappa shape index (κ3) is 3.22. The van der Waals surface area contributed by atoms with E-state index in [0.717, 1.165) is 25.7 Å². The van der Waals surface area contributed by atoms with Crippen molar-refractivity contribution in [1.82, 2.24) is 0 Å². The molecule has 2 fully saturated rings. The van der Waals surface area contributed by atoms with E-state index < -0.39 is 6.10 Å². The van der Waals surface area contributed by atoms with Gasteiger partial charge in [-0.15, -0.1) is 0 Å². The minimum atomic E-state index is -0.666. The highest BCUT2D eigenvalue weighted by atomic mass is 19.1. The first kappa shape index (κ1) is 14.8. The number of benzene rings is 1. The molecule has 4 heteroatoms. The van der Waals surface area contributed by atoms with Gasteiger partial charge in [-0.25, -0.2) is 4.39 Å². The normalized spacial score (nSPS) is 26.0. The minimum absolute atomic E-state index is 0.0266. The molecule has 1 aliphatic heterocycles. The summed E-state index contributed by atoms with van der Waals surface area (Å²) in [6.45, 7) is 2.37. The Kier molecular flexibility index (Phi) is 4.18. The van der Waals surface area contributed by atoms with E-state index in [1.807, 2.05) is 0 Å². The molecule has 0 amide bonds. The fourth-order valence-electron chi connectivity index (χ4n) is 3.59. The zero-order valence-electron chi connectivity index (χ0n) is 12.5. The Morgan fingerprint density at radius 1 is 1.38 bits per heavy atom. The van der Waals surface area contributed by atoms with Crippen LogP contribution in [0.15, 0.2) is 18.2 Å². The maximum absolute atomic E-state index is 13.5. The summed E-state index contributed by atoms with van der Waals surface area (Å²) in [7, 11) is 0. The Labute approximate surface area is 125 Å². The molecule has 2 aliphatic rings. The van der Waals surface area contributed by atoms with Crippen LogP contribution in [0.2, 0.25) is 0 Å². The third-order valence-electron chi connectivity index (χ3n) is 4.68. The molecule has 1 aromatic carbocycles. The van der Waals surface area contributed by atoms with Gasteiger partial charge in [-0.05, 0) is 31.9 Å². The van der Waals surface area contributed by atoms with E-state index in [-0.39, 0.29) is 17.5 Å². The minimum Gasteiger partial charge on any atom is -0.490 e. The Bertz CT molecular complexity index is 495. The van der Waals surface area contributed by atoms with Crippen LogP contribution in [0.3, 0.4) is 0 Å². The van der Waals surface area contributed by atoms with Gasteiger partial charge >= 0.3 is 0 Å². The lowest BCUT2D eigenvalue weighted by molar-refractivity contribution is -0.108. The highest BCUT2D eigenvalue weighted by Gasteiger charge is 2.40. The maximum atomic E-state index is 13.5. The summed E-state index contributed by atoms with van der Waals surface area (Å²) in [4.78, 5) is 0. The fourth-order valence-corrected chi connectivity index (χ4v) is 3.59. The summed E-state index contributed by atoms with van der Waals surface area (Å²) in [5, 5.41) is 9.80. The third-order valence-corrected chi connectivity index (χ3v) is 4.68. The van der Waals surface area contributed by atoms with Crippen LogP contribution in [0.1, 0.15) is 57.1 Å². The average Bonchev–Trinajstić information content (AvgIpc) is 2.86. The van der Waals surface area contributed by atoms with E-state index in [0.29, 0.717) is 17.9 Å². The molecule has 0 bridgehead atoms. The van der Waals surface area contributed by atoms with E-state index in [1.54, 1.807) is 13.0 Å². The second-order valence-electron chi connectivity index (χ2n) is 6.33. The summed E-state index contributed by atoms with van der Waals surface area (Å²) >= 11 is 0. The molecule has 3 rings (SSSR count). The van der Waals surface area contributed by atoms with Crippen molar-refractivity contribution in [3.05, 3.63) is 29.6 Å². The number of hydrogen-bond donors (Lipinski definition) is 1. The molecule has 1 heterocycles. The zero-order chi connectivity index (χ0) is 14.9. The number of halogens is 1. The molecule has 21 heavy (non-hydrogen) atoms. The zero-order valence-corrected chi connectivity index (χ0v) is 12.5. The Morgan fingerprint density at radius 3 is 2.86 bits per heavy atom. The van der Waals surface area contributed by atoms with E-state index >= 15 is 0 Å². The molecule has 1 aliphatic carbocycles. The van der Waals surface area contributed by atoms with Gasteiger partial charge in [0, 0.05) is 24.5 Å². The van der Waals surface area contributed by atoms with Crippen LogP contribution < -0.4 is 4.74 Å². The molecule has 1 N–H and O–H groups in total. The molecule has 1 aromatic rings. The Hall–Kier alpha value is -1.13. The number of rotatable bonds is 3. The Balaban J connectivity index is 1.75. The van der Waals surface area contributed by atoms with Crippen LogP contribution in [0.25, 0.3) is 0 Å². The van der Waals surface area contributed by atoms with Crippen LogP contribution in [0.5, 0.6) is 5.75 Å². The van der Waals surface area contributed by atoms with Crippen molar-refractivity contribution in [2.24, 2.45) is 0 Å². The van der Waals surface area contributed by atoms with Crippen LogP contribution >= 0.6 is 0 Å². The molecule has 1 saturated heterocycles. The first-order valence-corrected chi connectivity index (χ1v) is 7.86.